The van der Waals surface area contributed by atoms with E-state index in [1.165, 1.54) is 11.3 Å². The molecule has 5 heteroatoms. The summed E-state index contributed by atoms with van der Waals surface area (Å²) in [7, 11) is 0. The van der Waals surface area contributed by atoms with E-state index in [0.29, 0.717) is 16.6 Å². The SMILES string of the molecule is Cc1ccsc1C(=O)c1ccc2[nH]c(=O)[nH]c2c1. The number of nitrogens with one attached hydrogen (secondary N) is 2. The number of carbonyl (C=O) groups excluding carboxylic acids is 1. The van der Waals surface area contributed by atoms with Crippen molar-refractivity contribution in [1.82, 2.24) is 9.97 Å². The van der Waals surface area contributed by atoms with Gasteiger partial charge in [0.1, 0.15) is 0 Å². The van der Waals surface area contributed by atoms with Gasteiger partial charge in [-0.25, -0.2) is 4.79 Å². The van der Waals surface area contributed by atoms with Crippen molar-refractivity contribution in [1.29, 1.82) is 0 Å². The van der Waals surface area contributed by atoms with E-state index in [-0.39, 0.29) is 11.5 Å². The molecule has 1 aromatic carbocycles. The Balaban J connectivity index is 2.12. The summed E-state index contributed by atoms with van der Waals surface area (Å²) in [6, 6.07) is 7.10. The van der Waals surface area contributed by atoms with Crippen LogP contribution in [0.3, 0.4) is 0 Å². The van der Waals surface area contributed by atoms with Crippen LogP contribution in [0, 0.1) is 6.92 Å². The molecular weight excluding hydrogens is 248 g/mol. The Morgan fingerprint density at radius 1 is 1.17 bits per heavy atom. The molecule has 0 bridgehead atoms. The molecule has 0 aliphatic carbocycles. The molecular formula is C13H10N2O2S. The summed E-state index contributed by atoms with van der Waals surface area (Å²) in [5.41, 5.74) is 2.66. The molecule has 0 spiro atoms. The third-order valence-corrected chi connectivity index (χ3v) is 3.86. The Morgan fingerprint density at radius 2 is 1.94 bits per heavy atom. The second-order valence-corrected chi connectivity index (χ2v) is 5.02. The van der Waals surface area contributed by atoms with Crippen LogP contribution >= 0.6 is 11.3 Å². The number of ketones is 1. The van der Waals surface area contributed by atoms with E-state index in [9.17, 15) is 9.59 Å². The van der Waals surface area contributed by atoms with Crippen molar-refractivity contribution in [2.75, 3.05) is 0 Å². The summed E-state index contributed by atoms with van der Waals surface area (Å²) in [4.78, 5) is 29.5. The fraction of sp³-hybridized carbons (Fsp3) is 0.0769. The molecule has 4 nitrogen and oxygen atoms in total. The molecule has 0 aliphatic rings. The second-order valence-electron chi connectivity index (χ2n) is 4.10. The molecule has 0 fully saturated rings. The number of aromatic amines is 2. The van der Waals surface area contributed by atoms with Gasteiger partial charge in [0.25, 0.3) is 0 Å². The van der Waals surface area contributed by atoms with Crippen LogP contribution in [0.1, 0.15) is 20.8 Å². The largest absolute Gasteiger partial charge is 0.323 e. The molecule has 3 aromatic rings. The zero-order valence-electron chi connectivity index (χ0n) is 9.61. The number of hydrogen-bond acceptors (Lipinski definition) is 3. The molecule has 0 atom stereocenters. The lowest BCUT2D eigenvalue weighted by molar-refractivity contribution is 0.104. The first-order valence-electron chi connectivity index (χ1n) is 5.46. The molecule has 0 saturated heterocycles. The highest BCUT2D eigenvalue weighted by Gasteiger charge is 2.13. The van der Waals surface area contributed by atoms with E-state index >= 15 is 0 Å². The summed E-state index contributed by atoms with van der Waals surface area (Å²) < 4.78 is 0. The van der Waals surface area contributed by atoms with Crippen LogP contribution in [0.25, 0.3) is 11.0 Å². The number of fused-ring (bicyclic) bond motifs is 1. The number of hydrogen-bond donors (Lipinski definition) is 2. The lowest BCUT2D eigenvalue weighted by Crippen LogP contribution is -2.00. The Morgan fingerprint density at radius 3 is 2.67 bits per heavy atom. The van der Waals surface area contributed by atoms with E-state index in [0.717, 1.165) is 10.4 Å². The van der Waals surface area contributed by atoms with Gasteiger partial charge in [-0.2, -0.15) is 0 Å². The minimum Gasteiger partial charge on any atom is -0.306 e. The van der Waals surface area contributed by atoms with Crippen molar-refractivity contribution in [3.05, 3.63) is 56.1 Å². The minimum atomic E-state index is -0.262. The van der Waals surface area contributed by atoms with Crippen molar-refractivity contribution in [3.8, 4) is 0 Å². The van der Waals surface area contributed by atoms with Gasteiger partial charge in [0, 0.05) is 5.56 Å². The highest BCUT2D eigenvalue weighted by Crippen LogP contribution is 2.21. The number of imidazole rings is 1. The van der Waals surface area contributed by atoms with Crippen molar-refractivity contribution in [3.63, 3.8) is 0 Å². The minimum absolute atomic E-state index is 0.00792. The molecule has 0 unspecified atom stereocenters. The number of benzene rings is 1. The molecule has 2 N–H and O–H groups in total. The van der Waals surface area contributed by atoms with Crippen molar-refractivity contribution < 1.29 is 4.79 Å². The number of carbonyl (C=O) groups is 1. The maximum Gasteiger partial charge on any atom is 0.323 e. The summed E-state index contributed by atoms with van der Waals surface area (Å²) in [6.07, 6.45) is 0. The van der Waals surface area contributed by atoms with Crippen molar-refractivity contribution in [2.24, 2.45) is 0 Å². The van der Waals surface area contributed by atoms with Crippen LogP contribution in [0.5, 0.6) is 0 Å². The predicted octanol–water partition coefficient (Wildman–Crippen LogP) is 2.46. The molecule has 2 heterocycles. The Labute approximate surface area is 106 Å². The summed E-state index contributed by atoms with van der Waals surface area (Å²) in [5, 5.41) is 1.90. The van der Waals surface area contributed by atoms with Crippen LogP contribution in [0.2, 0.25) is 0 Å². The van der Waals surface area contributed by atoms with Gasteiger partial charge in [0.15, 0.2) is 0 Å². The van der Waals surface area contributed by atoms with Crippen molar-refractivity contribution in [2.45, 2.75) is 6.92 Å². The molecule has 2 aromatic heterocycles. The van der Waals surface area contributed by atoms with Gasteiger partial charge in [-0.1, -0.05) is 0 Å². The maximum atomic E-state index is 12.3. The van der Waals surface area contributed by atoms with Gasteiger partial charge in [-0.15, -0.1) is 11.3 Å². The highest BCUT2D eigenvalue weighted by atomic mass is 32.1. The number of thiophene rings is 1. The van der Waals surface area contributed by atoms with Crippen LogP contribution in [0.4, 0.5) is 0 Å². The van der Waals surface area contributed by atoms with Crippen LogP contribution in [-0.4, -0.2) is 15.8 Å². The first-order valence-corrected chi connectivity index (χ1v) is 6.34. The van der Waals surface area contributed by atoms with E-state index in [1.54, 1.807) is 18.2 Å². The third kappa shape index (κ3) is 1.69. The smallest absolute Gasteiger partial charge is 0.306 e. The van der Waals surface area contributed by atoms with E-state index in [1.807, 2.05) is 18.4 Å². The Kier molecular flexibility index (Phi) is 2.41. The average molecular weight is 258 g/mol. The average Bonchev–Trinajstić information content (AvgIpc) is 2.91. The van der Waals surface area contributed by atoms with Crippen LogP contribution < -0.4 is 5.69 Å². The van der Waals surface area contributed by atoms with Crippen LogP contribution in [-0.2, 0) is 0 Å². The van der Waals surface area contributed by atoms with E-state index in [2.05, 4.69) is 9.97 Å². The first-order chi connectivity index (χ1) is 8.65. The van der Waals surface area contributed by atoms with Gasteiger partial charge in [-0.3, -0.25) is 4.79 Å². The van der Waals surface area contributed by atoms with Gasteiger partial charge >= 0.3 is 5.69 Å². The third-order valence-electron chi connectivity index (χ3n) is 2.85. The first kappa shape index (κ1) is 11.0. The number of rotatable bonds is 2. The van der Waals surface area contributed by atoms with Gasteiger partial charge in [0.05, 0.1) is 15.9 Å². The molecule has 18 heavy (non-hydrogen) atoms. The standard InChI is InChI=1S/C13H10N2O2S/c1-7-4-5-18-12(7)11(16)8-2-3-9-10(6-8)15-13(17)14-9/h2-6H,1H3,(H2,14,15,17). The molecule has 0 amide bonds. The lowest BCUT2D eigenvalue weighted by atomic mass is 10.1. The molecule has 0 radical (unpaired) electrons. The zero-order valence-corrected chi connectivity index (χ0v) is 10.4. The normalized spacial score (nSPS) is 10.9. The fourth-order valence-corrected chi connectivity index (χ4v) is 2.80. The second kappa shape index (κ2) is 3.96. The van der Waals surface area contributed by atoms with Gasteiger partial charge in [-0.05, 0) is 42.1 Å². The molecule has 0 saturated carbocycles. The number of aromatic nitrogens is 2. The van der Waals surface area contributed by atoms with Gasteiger partial charge in [0.2, 0.25) is 5.78 Å². The zero-order chi connectivity index (χ0) is 12.7. The number of aryl methyl sites for hydroxylation is 1. The fourth-order valence-electron chi connectivity index (χ4n) is 1.91. The highest BCUT2D eigenvalue weighted by molar-refractivity contribution is 7.12. The molecule has 90 valence electrons. The summed E-state index contributed by atoms with van der Waals surface area (Å²) >= 11 is 1.43. The maximum absolute atomic E-state index is 12.3. The Hall–Kier alpha value is -2.14. The monoisotopic (exact) mass is 258 g/mol. The molecule has 0 aliphatic heterocycles. The summed E-state index contributed by atoms with van der Waals surface area (Å²) in [6.45, 7) is 1.92. The van der Waals surface area contributed by atoms with E-state index < -0.39 is 0 Å². The summed E-state index contributed by atoms with van der Waals surface area (Å²) in [5.74, 6) is -0.00792. The van der Waals surface area contributed by atoms with Crippen LogP contribution in [0.15, 0.2) is 34.4 Å². The predicted molar refractivity (Wildman–Crippen MR) is 71.4 cm³/mol. The topological polar surface area (TPSA) is 65.7 Å². The van der Waals surface area contributed by atoms with Crippen molar-refractivity contribution >= 4 is 28.2 Å². The van der Waals surface area contributed by atoms with Gasteiger partial charge < -0.3 is 9.97 Å². The Bertz CT molecular complexity index is 795. The molecule has 3 rings (SSSR count). The lowest BCUT2D eigenvalue weighted by Gasteiger charge is -2.00. The van der Waals surface area contributed by atoms with E-state index in [4.69, 9.17) is 0 Å². The number of H-pyrrole nitrogens is 2. The quantitative estimate of drug-likeness (QED) is 0.693.